The van der Waals surface area contributed by atoms with E-state index in [-0.39, 0.29) is 5.38 Å². The van der Waals surface area contributed by atoms with E-state index in [1.807, 2.05) is 23.9 Å². The van der Waals surface area contributed by atoms with Crippen molar-refractivity contribution in [2.24, 2.45) is 0 Å². The van der Waals surface area contributed by atoms with Gasteiger partial charge in [0.2, 0.25) is 0 Å². The van der Waals surface area contributed by atoms with Crippen molar-refractivity contribution in [3.05, 3.63) is 51.8 Å². The van der Waals surface area contributed by atoms with Gasteiger partial charge >= 0.3 is 0 Å². The predicted molar refractivity (Wildman–Crippen MR) is 76.7 cm³/mol. The quantitative estimate of drug-likeness (QED) is 0.732. The first-order valence-electron chi connectivity index (χ1n) is 5.70. The molecule has 0 aliphatic rings. The highest BCUT2D eigenvalue weighted by molar-refractivity contribution is 6.33. The molecule has 0 saturated heterocycles. The highest BCUT2D eigenvalue weighted by Crippen LogP contribution is 2.24. The number of aromatic nitrogens is 2. The molecule has 0 bridgehead atoms. The van der Waals surface area contributed by atoms with Crippen LogP contribution in [0, 0.1) is 0 Å². The van der Waals surface area contributed by atoms with Crippen LogP contribution in [0.15, 0.2) is 30.6 Å². The molecule has 0 radical (unpaired) electrons. The molecule has 0 amide bonds. The van der Waals surface area contributed by atoms with Crippen LogP contribution in [0.5, 0.6) is 0 Å². The molecule has 1 unspecified atom stereocenters. The topological polar surface area (TPSA) is 17.8 Å². The maximum absolute atomic E-state index is 6.16. The van der Waals surface area contributed by atoms with E-state index in [1.165, 1.54) is 0 Å². The zero-order valence-corrected chi connectivity index (χ0v) is 12.2. The minimum absolute atomic E-state index is 0.00795. The molecule has 0 N–H and O–H groups in total. The largest absolute Gasteiger partial charge is 0.268 e. The van der Waals surface area contributed by atoms with Crippen molar-refractivity contribution in [1.82, 2.24) is 9.78 Å². The van der Waals surface area contributed by atoms with Crippen LogP contribution < -0.4 is 0 Å². The molecular weight excluding hydrogens is 291 g/mol. The Morgan fingerprint density at radius 2 is 2.11 bits per heavy atom. The lowest BCUT2D eigenvalue weighted by Crippen LogP contribution is -2.00. The predicted octanol–water partition coefficient (Wildman–Crippen LogP) is 4.93. The summed E-state index contributed by atoms with van der Waals surface area (Å²) in [5.74, 6) is 0. The van der Waals surface area contributed by atoms with Gasteiger partial charge in [-0.1, -0.05) is 30.1 Å². The number of nitrogens with zero attached hydrogens (tertiary/aromatic N) is 2. The molecule has 0 saturated carbocycles. The van der Waals surface area contributed by atoms with Gasteiger partial charge in [0.15, 0.2) is 0 Å². The van der Waals surface area contributed by atoms with E-state index in [2.05, 4.69) is 5.10 Å². The van der Waals surface area contributed by atoms with Crippen molar-refractivity contribution in [3.63, 3.8) is 0 Å². The summed E-state index contributed by atoms with van der Waals surface area (Å²) in [5, 5.41) is 5.65. The molecule has 0 fully saturated rings. The van der Waals surface area contributed by atoms with Gasteiger partial charge in [0.1, 0.15) is 0 Å². The van der Waals surface area contributed by atoms with Crippen LogP contribution in [0.3, 0.4) is 0 Å². The summed E-state index contributed by atoms with van der Waals surface area (Å²) in [7, 11) is 0. The molecule has 1 atom stereocenters. The van der Waals surface area contributed by atoms with Crippen molar-refractivity contribution in [1.29, 1.82) is 0 Å². The molecule has 1 aromatic carbocycles. The lowest BCUT2D eigenvalue weighted by molar-refractivity contribution is 0.686. The van der Waals surface area contributed by atoms with E-state index < -0.39 is 0 Å². The van der Waals surface area contributed by atoms with Gasteiger partial charge in [-0.3, -0.25) is 4.68 Å². The molecule has 2 aromatic rings. The second kappa shape index (κ2) is 5.96. The summed E-state index contributed by atoms with van der Waals surface area (Å²) < 4.78 is 1.82. The van der Waals surface area contributed by atoms with Crippen molar-refractivity contribution < 1.29 is 0 Å². The summed E-state index contributed by atoms with van der Waals surface area (Å²) in [4.78, 5) is 0. The first kappa shape index (κ1) is 13.7. The molecular formula is C13H13Cl3N2. The van der Waals surface area contributed by atoms with Gasteiger partial charge in [-0.25, -0.2) is 0 Å². The van der Waals surface area contributed by atoms with Crippen LogP contribution in [0.2, 0.25) is 10.0 Å². The maximum atomic E-state index is 6.16. The Bertz CT molecular complexity index is 537. The van der Waals surface area contributed by atoms with Crippen LogP contribution in [0.1, 0.15) is 29.8 Å². The Labute approximate surface area is 121 Å². The number of benzene rings is 1. The Balaban J connectivity index is 2.18. The number of hydrogen-bond donors (Lipinski definition) is 0. The van der Waals surface area contributed by atoms with Crippen LogP contribution in [0.4, 0.5) is 0 Å². The molecule has 2 rings (SSSR count). The molecule has 0 spiro atoms. The Hall–Kier alpha value is -0.700. The van der Waals surface area contributed by atoms with E-state index in [9.17, 15) is 0 Å². The van der Waals surface area contributed by atoms with Gasteiger partial charge in [-0.2, -0.15) is 5.10 Å². The zero-order valence-electron chi connectivity index (χ0n) is 9.91. The van der Waals surface area contributed by atoms with Crippen molar-refractivity contribution in [2.75, 3.05) is 0 Å². The Kier molecular flexibility index (Phi) is 4.55. The second-order valence-corrected chi connectivity index (χ2v) is 5.45. The van der Waals surface area contributed by atoms with Crippen LogP contribution >= 0.6 is 34.8 Å². The normalized spacial score (nSPS) is 12.7. The molecule has 1 aromatic heterocycles. The van der Waals surface area contributed by atoms with Gasteiger partial charge in [0.05, 0.1) is 18.1 Å². The van der Waals surface area contributed by atoms with Crippen LogP contribution in [0.25, 0.3) is 0 Å². The van der Waals surface area contributed by atoms with Crippen molar-refractivity contribution in [3.8, 4) is 0 Å². The monoisotopic (exact) mass is 302 g/mol. The Morgan fingerprint density at radius 3 is 2.83 bits per heavy atom. The number of halogens is 3. The van der Waals surface area contributed by atoms with Gasteiger partial charge in [-0.05, 0) is 30.2 Å². The van der Waals surface area contributed by atoms with Gasteiger partial charge in [-0.15, -0.1) is 11.6 Å². The zero-order chi connectivity index (χ0) is 13.1. The SMILES string of the molecule is CCC(Cl)c1cnn(Cc2cc(Cl)ccc2Cl)c1. The van der Waals surface area contributed by atoms with E-state index in [0.29, 0.717) is 16.6 Å². The minimum atomic E-state index is 0.00795. The van der Waals surface area contributed by atoms with E-state index in [1.54, 1.807) is 18.3 Å². The van der Waals surface area contributed by atoms with Crippen LogP contribution in [-0.2, 0) is 6.54 Å². The number of hydrogen-bond acceptors (Lipinski definition) is 1. The molecule has 5 heteroatoms. The first-order chi connectivity index (χ1) is 8.60. The number of rotatable bonds is 4. The molecule has 96 valence electrons. The summed E-state index contributed by atoms with van der Waals surface area (Å²) >= 11 is 18.2. The fraction of sp³-hybridized carbons (Fsp3) is 0.308. The highest BCUT2D eigenvalue weighted by atomic mass is 35.5. The van der Waals surface area contributed by atoms with Crippen molar-refractivity contribution >= 4 is 34.8 Å². The second-order valence-electron chi connectivity index (χ2n) is 4.08. The third kappa shape index (κ3) is 3.19. The average Bonchev–Trinajstić information content (AvgIpc) is 2.81. The lowest BCUT2D eigenvalue weighted by atomic mass is 10.2. The first-order valence-corrected chi connectivity index (χ1v) is 6.89. The van der Waals surface area contributed by atoms with Crippen LogP contribution in [-0.4, -0.2) is 9.78 Å². The van der Waals surface area contributed by atoms with Gasteiger partial charge in [0, 0.05) is 21.8 Å². The summed E-state index contributed by atoms with van der Waals surface area (Å²) in [6.45, 7) is 2.63. The third-order valence-corrected chi connectivity index (χ3v) is 3.88. The fourth-order valence-electron chi connectivity index (χ4n) is 1.70. The minimum Gasteiger partial charge on any atom is -0.268 e. The fourth-order valence-corrected chi connectivity index (χ4v) is 2.19. The summed E-state index contributed by atoms with van der Waals surface area (Å²) in [5.41, 5.74) is 1.97. The smallest absolute Gasteiger partial charge is 0.0674 e. The summed E-state index contributed by atoms with van der Waals surface area (Å²) in [6, 6.07) is 5.41. The van der Waals surface area contributed by atoms with Gasteiger partial charge in [0.25, 0.3) is 0 Å². The van der Waals surface area contributed by atoms with Crippen molar-refractivity contribution in [2.45, 2.75) is 25.3 Å². The average molecular weight is 304 g/mol. The molecule has 2 nitrogen and oxygen atoms in total. The third-order valence-electron chi connectivity index (χ3n) is 2.71. The van der Waals surface area contributed by atoms with E-state index in [0.717, 1.165) is 17.5 Å². The summed E-state index contributed by atoms with van der Waals surface area (Å²) in [6.07, 6.45) is 4.61. The molecule has 1 heterocycles. The maximum Gasteiger partial charge on any atom is 0.0674 e. The lowest BCUT2D eigenvalue weighted by Gasteiger charge is -2.05. The Morgan fingerprint density at radius 1 is 1.33 bits per heavy atom. The molecule has 0 aliphatic heterocycles. The molecule has 0 aliphatic carbocycles. The highest BCUT2D eigenvalue weighted by Gasteiger charge is 2.09. The van der Waals surface area contributed by atoms with Gasteiger partial charge < -0.3 is 0 Å². The molecule has 18 heavy (non-hydrogen) atoms. The number of alkyl halides is 1. The van der Waals surface area contributed by atoms with E-state index in [4.69, 9.17) is 34.8 Å². The van der Waals surface area contributed by atoms with E-state index >= 15 is 0 Å². The standard InChI is InChI=1S/C13H13Cl3N2/c1-2-12(15)10-6-17-18(8-10)7-9-5-11(14)3-4-13(9)16/h3-6,8,12H,2,7H2,1H3.